The van der Waals surface area contributed by atoms with Gasteiger partial charge in [-0.25, -0.2) is 0 Å². The maximum absolute atomic E-state index is 12.4. The Morgan fingerprint density at radius 3 is 2.61 bits per heavy atom. The lowest BCUT2D eigenvalue weighted by molar-refractivity contribution is -0.0108. The highest BCUT2D eigenvalue weighted by atomic mass is 32.1. The molecule has 100 valence electrons. The number of β-amino-alcohol motifs (C(OH)–C–C–N with tert-alkyl or cyclic N) is 1. The summed E-state index contributed by atoms with van der Waals surface area (Å²) in [5.74, 6) is -0.0623. The van der Waals surface area contributed by atoms with Gasteiger partial charge < -0.3 is 10.0 Å². The second kappa shape index (κ2) is 4.28. The van der Waals surface area contributed by atoms with Gasteiger partial charge in [0.2, 0.25) is 0 Å². The molecule has 5 nitrogen and oxygen atoms in total. The van der Waals surface area contributed by atoms with Crippen molar-refractivity contribution in [1.82, 2.24) is 14.5 Å². The molecule has 0 aliphatic carbocycles. The van der Waals surface area contributed by atoms with Gasteiger partial charge in [-0.3, -0.25) is 4.79 Å². The topological polar surface area (TPSA) is 66.3 Å². The van der Waals surface area contributed by atoms with E-state index in [1.807, 2.05) is 20.8 Å². The van der Waals surface area contributed by atoms with Gasteiger partial charge in [0.15, 0.2) is 0 Å². The SMILES string of the molecule is CCc1nnsc1C(=O)N1CC(C)(C)C(C)(O)C1. The molecule has 1 unspecified atom stereocenters. The number of rotatable bonds is 2. The van der Waals surface area contributed by atoms with E-state index in [0.717, 1.165) is 17.2 Å². The van der Waals surface area contributed by atoms with Crippen LogP contribution in [0.2, 0.25) is 0 Å². The zero-order valence-corrected chi connectivity index (χ0v) is 12.0. The summed E-state index contributed by atoms with van der Waals surface area (Å²) in [5.41, 5.74) is -0.408. The second-order valence-electron chi connectivity index (χ2n) is 5.72. The highest BCUT2D eigenvalue weighted by molar-refractivity contribution is 7.08. The number of hydrogen-bond donors (Lipinski definition) is 1. The highest BCUT2D eigenvalue weighted by Crippen LogP contribution is 2.39. The van der Waals surface area contributed by atoms with Crippen molar-refractivity contribution in [1.29, 1.82) is 0 Å². The number of amides is 1. The van der Waals surface area contributed by atoms with Crippen LogP contribution in [0.1, 0.15) is 43.1 Å². The first-order valence-corrected chi connectivity index (χ1v) is 6.89. The summed E-state index contributed by atoms with van der Waals surface area (Å²) in [6, 6.07) is 0. The smallest absolute Gasteiger partial charge is 0.267 e. The predicted molar refractivity (Wildman–Crippen MR) is 69.6 cm³/mol. The van der Waals surface area contributed by atoms with E-state index in [0.29, 0.717) is 24.4 Å². The standard InChI is InChI=1S/C12H19N3O2S/c1-5-8-9(18-14-13-8)10(16)15-6-11(2,3)12(4,17)7-15/h17H,5-7H2,1-4H3. The van der Waals surface area contributed by atoms with Crippen molar-refractivity contribution in [2.75, 3.05) is 13.1 Å². The Labute approximate surface area is 111 Å². The first kappa shape index (κ1) is 13.4. The normalized spacial score (nSPS) is 26.6. The van der Waals surface area contributed by atoms with Gasteiger partial charge in [0.1, 0.15) is 4.88 Å². The lowest BCUT2D eigenvalue weighted by Crippen LogP contribution is -2.40. The molecule has 1 aliphatic rings. The second-order valence-corrected chi connectivity index (χ2v) is 6.48. The first-order chi connectivity index (χ1) is 8.28. The molecule has 0 spiro atoms. The van der Waals surface area contributed by atoms with Crippen LogP contribution in [0.4, 0.5) is 0 Å². The molecule has 1 aromatic rings. The van der Waals surface area contributed by atoms with Gasteiger partial charge in [-0.2, -0.15) is 0 Å². The van der Waals surface area contributed by atoms with E-state index in [2.05, 4.69) is 9.59 Å². The third kappa shape index (κ3) is 2.03. The van der Waals surface area contributed by atoms with Gasteiger partial charge in [-0.1, -0.05) is 25.3 Å². The Morgan fingerprint density at radius 2 is 2.11 bits per heavy atom. The Balaban J connectivity index is 2.23. The van der Waals surface area contributed by atoms with Gasteiger partial charge in [0, 0.05) is 12.0 Å². The van der Waals surface area contributed by atoms with E-state index < -0.39 is 5.60 Å². The van der Waals surface area contributed by atoms with E-state index in [9.17, 15) is 9.90 Å². The molecule has 1 N–H and O–H groups in total. The van der Waals surface area contributed by atoms with Crippen LogP contribution in [0.3, 0.4) is 0 Å². The predicted octanol–water partition coefficient (Wildman–Crippen LogP) is 1.33. The third-order valence-corrected chi connectivity index (χ3v) is 4.67. The molecule has 1 aromatic heterocycles. The van der Waals surface area contributed by atoms with E-state index in [1.165, 1.54) is 0 Å². The minimum Gasteiger partial charge on any atom is -0.388 e. The molecule has 1 amide bonds. The fourth-order valence-electron chi connectivity index (χ4n) is 2.18. The van der Waals surface area contributed by atoms with Crippen LogP contribution in [-0.4, -0.2) is 44.2 Å². The average molecular weight is 269 g/mol. The minimum atomic E-state index is -0.854. The van der Waals surface area contributed by atoms with Crippen LogP contribution in [0.25, 0.3) is 0 Å². The van der Waals surface area contributed by atoms with Crippen molar-refractivity contribution >= 4 is 17.4 Å². The fraction of sp³-hybridized carbons (Fsp3) is 0.750. The molecular formula is C12H19N3O2S. The van der Waals surface area contributed by atoms with E-state index in [-0.39, 0.29) is 11.3 Å². The molecule has 2 heterocycles. The molecule has 1 aliphatic heterocycles. The van der Waals surface area contributed by atoms with Gasteiger partial charge >= 0.3 is 0 Å². The molecule has 1 atom stereocenters. The Morgan fingerprint density at radius 1 is 1.44 bits per heavy atom. The number of aryl methyl sites for hydroxylation is 1. The maximum Gasteiger partial charge on any atom is 0.267 e. The number of aromatic nitrogens is 2. The van der Waals surface area contributed by atoms with Crippen molar-refractivity contribution in [2.45, 2.75) is 39.7 Å². The number of carbonyl (C=O) groups excluding carboxylic acids is 1. The van der Waals surface area contributed by atoms with Crippen LogP contribution in [0.5, 0.6) is 0 Å². The fourth-order valence-corrected chi connectivity index (χ4v) is 2.90. The van der Waals surface area contributed by atoms with Crippen molar-refractivity contribution in [3.63, 3.8) is 0 Å². The van der Waals surface area contributed by atoms with Crippen LogP contribution in [-0.2, 0) is 6.42 Å². The van der Waals surface area contributed by atoms with Crippen molar-refractivity contribution in [2.24, 2.45) is 5.41 Å². The zero-order valence-electron chi connectivity index (χ0n) is 11.2. The van der Waals surface area contributed by atoms with Gasteiger partial charge in [0.05, 0.1) is 17.8 Å². The number of carbonyl (C=O) groups is 1. The van der Waals surface area contributed by atoms with Crippen LogP contribution in [0.15, 0.2) is 0 Å². The largest absolute Gasteiger partial charge is 0.388 e. The molecule has 0 bridgehead atoms. The van der Waals surface area contributed by atoms with Gasteiger partial charge in [0.25, 0.3) is 5.91 Å². The van der Waals surface area contributed by atoms with E-state index in [4.69, 9.17) is 0 Å². The first-order valence-electron chi connectivity index (χ1n) is 6.11. The van der Waals surface area contributed by atoms with E-state index in [1.54, 1.807) is 11.8 Å². The van der Waals surface area contributed by atoms with Gasteiger partial charge in [-0.15, -0.1) is 5.10 Å². The molecule has 6 heteroatoms. The quantitative estimate of drug-likeness (QED) is 0.879. The summed E-state index contributed by atoms with van der Waals surface area (Å²) in [6.07, 6.45) is 0.700. The summed E-state index contributed by atoms with van der Waals surface area (Å²) in [6.45, 7) is 8.61. The highest BCUT2D eigenvalue weighted by Gasteiger charge is 2.49. The van der Waals surface area contributed by atoms with Crippen LogP contribution >= 0.6 is 11.5 Å². The van der Waals surface area contributed by atoms with Crippen molar-refractivity contribution < 1.29 is 9.90 Å². The molecule has 0 aromatic carbocycles. The molecule has 2 rings (SSSR count). The average Bonchev–Trinajstić information content (AvgIpc) is 2.81. The molecular weight excluding hydrogens is 250 g/mol. The van der Waals surface area contributed by atoms with Crippen LogP contribution < -0.4 is 0 Å². The summed E-state index contributed by atoms with van der Waals surface area (Å²) in [4.78, 5) is 14.7. The lowest BCUT2D eigenvalue weighted by Gasteiger charge is -2.30. The number of aliphatic hydroxyl groups is 1. The molecule has 0 radical (unpaired) electrons. The number of likely N-dealkylation sites (tertiary alicyclic amines) is 1. The zero-order chi connectivity index (χ0) is 13.6. The Bertz CT molecular complexity index is 452. The van der Waals surface area contributed by atoms with Crippen LogP contribution in [0, 0.1) is 5.41 Å². The number of hydrogen-bond acceptors (Lipinski definition) is 5. The molecule has 1 fully saturated rings. The van der Waals surface area contributed by atoms with Crippen molar-refractivity contribution in [3.8, 4) is 0 Å². The summed E-state index contributed by atoms with van der Waals surface area (Å²) >= 11 is 1.14. The molecule has 1 saturated heterocycles. The molecule has 18 heavy (non-hydrogen) atoms. The van der Waals surface area contributed by atoms with Gasteiger partial charge in [-0.05, 0) is 24.9 Å². The summed E-state index contributed by atoms with van der Waals surface area (Å²) in [7, 11) is 0. The minimum absolute atomic E-state index is 0.0623. The molecule has 0 saturated carbocycles. The Kier molecular flexibility index (Phi) is 3.19. The Hall–Kier alpha value is -1.01. The van der Waals surface area contributed by atoms with Crippen molar-refractivity contribution in [3.05, 3.63) is 10.6 Å². The monoisotopic (exact) mass is 269 g/mol. The van der Waals surface area contributed by atoms with E-state index >= 15 is 0 Å². The lowest BCUT2D eigenvalue weighted by atomic mass is 9.79. The summed E-state index contributed by atoms with van der Waals surface area (Å²) in [5, 5.41) is 14.3. The third-order valence-electron chi connectivity index (χ3n) is 3.91. The maximum atomic E-state index is 12.4. The number of nitrogens with zero attached hydrogens (tertiary/aromatic N) is 3. The summed E-state index contributed by atoms with van der Waals surface area (Å²) < 4.78 is 3.84.